The van der Waals surface area contributed by atoms with E-state index >= 15 is 0 Å². The first kappa shape index (κ1) is 17.0. The maximum absolute atomic E-state index is 12.2. The average Bonchev–Trinajstić information content (AvgIpc) is 2.55. The number of fused-ring (bicyclic) bond motifs is 1. The van der Waals surface area contributed by atoms with Crippen LogP contribution >= 0.6 is 11.8 Å². The highest BCUT2D eigenvalue weighted by Crippen LogP contribution is 2.42. The third-order valence-corrected chi connectivity index (χ3v) is 6.95. The molecule has 0 spiro atoms. The first-order valence-electron chi connectivity index (χ1n) is 7.57. The Bertz CT molecular complexity index is 829. The van der Waals surface area contributed by atoms with E-state index in [0.717, 1.165) is 16.8 Å². The molecule has 1 amide bonds. The van der Waals surface area contributed by atoms with E-state index in [-0.39, 0.29) is 22.1 Å². The number of hydrogen-bond acceptors (Lipinski definition) is 5. The van der Waals surface area contributed by atoms with E-state index < -0.39 is 10.0 Å². The van der Waals surface area contributed by atoms with Crippen molar-refractivity contribution in [1.82, 2.24) is 9.73 Å². The number of β-lactam (4-membered cyclic amide) rings is 1. The van der Waals surface area contributed by atoms with Gasteiger partial charge in [0.05, 0.1) is 22.4 Å². The monoisotopic (exact) mass is 365 g/mol. The van der Waals surface area contributed by atoms with Crippen molar-refractivity contribution in [1.29, 1.82) is 0 Å². The molecule has 8 heteroatoms. The maximum Gasteiger partial charge on any atom is 0.276 e. The first-order valence-corrected chi connectivity index (χ1v) is 10.1. The number of aryl methyl sites for hydroxylation is 1. The van der Waals surface area contributed by atoms with Crippen molar-refractivity contribution in [3.63, 3.8) is 0 Å². The van der Waals surface area contributed by atoms with Crippen LogP contribution in [0.1, 0.15) is 19.4 Å². The zero-order valence-corrected chi connectivity index (χ0v) is 15.3. The minimum atomic E-state index is -3.68. The summed E-state index contributed by atoms with van der Waals surface area (Å²) in [5.41, 5.74) is 2.68. The second-order valence-corrected chi connectivity index (χ2v) is 8.74. The number of sulfonamides is 1. The summed E-state index contributed by atoms with van der Waals surface area (Å²) in [7, 11) is -3.68. The lowest BCUT2D eigenvalue weighted by Gasteiger charge is -2.48. The Labute approximate surface area is 146 Å². The second kappa shape index (κ2) is 6.25. The van der Waals surface area contributed by atoms with E-state index in [2.05, 4.69) is 9.93 Å². The Hall–Kier alpha value is -1.80. The summed E-state index contributed by atoms with van der Waals surface area (Å²) in [6.07, 6.45) is 1.49. The van der Waals surface area contributed by atoms with E-state index in [1.54, 1.807) is 40.9 Å². The molecular weight excluding hydrogens is 346 g/mol. The summed E-state index contributed by atoms with van der Waals surface area (Å²) in [5, 5.41) is 4.06. The molecule has 2 aliphatic rings. The van der Waals surface area contributed by atoms with Gasteiger partial charge in [0, 0.05) is 17.0 Å². The molecule has 2 unspecified atom stereocenters. The Morgan fingerprint density at radius 2 is 1.96 bits per heavy atom. The van der Waals surface area contributed by atoms with Crippen LogP contribution in [-0.2, 0) is 14.8 Å². The molecule has 0 saturated carbocycles. The predicted octanol–water partition coefficient (Wildman–Crippen LogP) is 2.08. The first-order chi connectivity index (χ1) is 11.3. The fraction of sp³-hybridized carbons (Fsp3) is 0.375. The number of hydrazone groups is 1. The molecule has 2 atom stereocenters. The van der Waals surface area contributed by atoms with Gasteiger partial charge in [-0.2, -0.15) is 13.5 Å². The summed E-state index contributed by atoms with van der Waals surface area (Å²) < 4.78 is 24.4. The molecule has 3 rings (SSSR count). The van der Waals surface area contributed by atoms with Gasteiger partial charge < -0.3 is 4.90 Å². The van der Waals surface area contributed by atoms with Crippen molar-refractivity contribution in [2.24, 2.45) is 11.0 Å². The second-order valence-electron chi connectivity index (χ2n) is 5.98. The molecule has 1 N–H and O–H groups in total. The fourth-order valence-corrected chi connectivity index (χ4v) is 4.93. The third kappa shape index (κ3) is 2.95. The van der Waals surface area contributed by atoms with Crippen molar-refractivity contribution < 1.29 is 13.2 Å². The highest BCUT2D eigenvalue weighted by Gasteiger charge is 2.47. The maximum atomic E-state index is 12.2. The largest absolute Gasteiger partial charge is 0.303 e. The molecule has 6 nitrogen and oxygen atoms in total. The molecule has 0 aliphatic carbocycles. The highest BCUT2D eigenvalue weighted by atomic mass is 32.2. The van der Waals surface area contributed by atoms with Crippen molar-refractivity contribution in [2.45, 2.75) is 31.0 Å². The summed E-state index contributed by atoms with van der Waals surface area (Å²) in [4.78, 5) is 16.1. The molecule has 2 aliphatic heterocycles. The van der Waals surface area contributed by atoms with E-state index in [0.29, 0.717) is 5.75 Å². The summed E-state index contributed by atoms with van der Waals surface area (Å²) in [6, 6.07) is 6.55. The van der Waals surface area contributed by atoms with Crippen molar-refractivity contribution in [2.75, 3.05) is 5.75 Å². The molecule has 1 aromatic carbocycles. The Kier molecular flexibility index (Phi) is 4.44. The average molecular weight is 365 g/mol. The number of amides is 1. The number of nitrogens with zero attached hydrogens (tertiary/aromatic N) is 2. The van der Waals surface area contributed by atoms with Gasteiger partial charge in [-0.25, -0.2) is 4.83 Å². The lowest BCUT2D eigenvalue weighted by Crippen LogP contribution is -2.58. The minimum absolute atomic E-state index is 0.0449. The molecule has 128 valence electrons. The molecule has 0 radical (unpaired) electrons. The lowest BCUT2D eigenvalue weighted by atomic mass is 9.98. The highest BCUT2D eigenvalue weighted by molar-refractivity contribution is 8.00. The molecule has 0 aromatic heterocycles. The molecule has 1 aromatic rings. The van der Waals surface area contributed by atoms with E-state index in [4.69, 9.17) is 0 Å². The van der Waals surface area contributed by atoms with Gasteiger partial charge in [-0.05, 0) is 26.0 Å². The van der Waals surface area contributed by atoms with Gasteiger partial charge in [0.2, 0.25) is 5.91 Å². The molecular formula is C16H19N3O3S2. The third-order valence-electron chi connectivity index (χ3n) is 4.27. The predicted molar refractivity (Wildman–Crippen MR) is 94.9 cm³/mol. The van der Waals surface area contributed by atoms with Crippen molar-refractivity contribution >= 4 is 33.9 Å². The van der Waals surface area contributed by atoms with Gasteiger partial charge in [-0.1, -0.05) is 24.6 Å². The molecule has 1 fully saturated rings. The van der Waals surface area contributed by atoms with Crippen LogP contribution in [0.25, 0.3) is 0 Å². The number of benzene rings is 1. The van der Waals surface area contributed by atoms with Gasteiger partial charge in [0.1, 0.15) is 0 Å². The molecule has 24 heavy (non-hydrogen) atoms. The number of allylic oxidation sites excluding steroid dienone is 1. The Morgan fingerprint density at radius 3 is 2.62 bits per heavy atom. The number of carbonyl (C=O) groups excluding carboxylic acids is 1. The normalized spacial score (nSPS) is 24.1. The van der Waals surface area contributed by atoms with Crippen LogP contribution in [0.2, 0.25) is 0 Å². The standard InChI is InChI=1S/C16H19N3O3S2/c1-10-4-6-14(7-5-10)24(21,22)18-17-8-13-9-23-16-11(2)15(20)19(16)12(13)3/h4-8,11,16,18H,9H2,1-3H3/b17-8+. The van der Waals surface area contributed by atoms with Crippen LogP contribution in [0, 0.1) is 12.8 Å². The van der Waals surface area contributed by atoms with Gasteiger partial charge >= 0.3 is 0 Å². The van der Waals surface area contributed by atoms with Crippen LogP contribution in [0.5, 0.6) is 0 Å². The van der Waals surface area contributed by atoms with Crippen LogP contribution in [0.4, 0.5) is 0 Å². The van der Waals surface area contributed by atoms with Gasteiger partial charge in [-0.15, -0.1) is 11.8 Å². The zero-order valence-electron chi connectivity index (χ0n) is 13.7. The van der Waals surface area contributed by atoms with E-state index in [1.165, 1.54) is 6.21 Å². The van der Waals surface area contributed by atoms with Crippen molar-refractivity contribution in [3.8, 4) is 0 Å². The molecule has 1 saturated heterocycles. The number of thioether (sulfide) groups is 1. The number of rotatable bonds is 4. The van der Waals surface area contributed by atoms with Gasteiger partial charge in [0.15, 0.2) is 0 Å². The summed E-state index contributed by atoms with van der Waals surface area (Å²) >= 11 is 1.67. The Balaban J connectivity index is 1.72. The Morgan fingerprint density at radius 1 is 1.29 bits per heavy atom. The van der Waals surface area contributed by atoms with Crippen LogP contribution in [0.3, 0.4) is 0 Å². The zero-order chi connectivity index (χ0) is 17.5. The van der Waals surface area contributed by atoms with E-state index in [9.17, 15) is 13.2 Å². The van der Waals surface area contributed by atoms with Gasteiger partial charge in [-0.3, -0.25) is 4.79 Å². The SMILES string of the molecule is CC1=C(/C=N/NS(=O)(=O)c2ccc(C)cc2)CSC2C(C)C(=O)N12. The fourth-order valence-electron chi connectivity index (χ4n) is 2.69. The number of carbonyl (C=O) groups is 1. The number of nitrogens with one attached hydrogen (secondary N) is 1. The molecule has 0 bridgehead atoms. The smallest absolute Gasteiger partial charge is 0.276 e. The lowest BCUT2D eigenvalue weighted by molar-refractivity contribution is -0.145. The summed E-state index contributed by atoms with van der Waals surface area (Å²) in [5.74, 6) is 0.861. The van der Waals surface area contributed by atoms with Crippen LogP contribution < -0.4 is 4.83 Å². The molecule has 2 heterocycles. The summed E-state index contributed by atoms with van der Waals surface area (Å²) in [6.45, 7) is 5.69. The van der Waals surface area contributed by atoms with Crippen LogP contribution in [-0.4, -0.2) is 36.6 Å². The van der Waals surface area contributed by atoms with E-state index in [1.807, 2.05) is 20.8 Å². The topological polar surface area (TPSA) is 78.8 Å². The van der Waals surface area contributed by atoms with Crippen LogP contribution in [0.15, 0.2) is 45.5 Å². The van der Waals surface area contributed by atoms with Crippen molar-refractivity contribution in [3.05, 3.63) is 41.1 Å². The quantitative estimate of drug-likeness (QED) is 0.503. The minimum Gasteiger partial charge on any atom is -0.303 e. The van der Waals surface area contributed by atoms with Gasteiger partial charge in [0.25, 0.3) is 10.0 Å². The number of hydrogen-bond donors (Lipinski definition) is 1.